The number of hydrogen-bond donors (Lipinski definition) is 0. The minimum atomic E-state index is -0.482. The number of imide groups is 1. The smallest absolute Gasteiger partial charge is 0.312 e. The van der Waals surface area contributed by atoms with E-state index in [-0.39, 0.29) is 11.9 Å². The Bertz CT molecular complexity index is 701. The zero-order chi connectivity index (χ0) is 15.7. The van der Waals surface area contributed by atoms with Gasteiger partial charge in [-0.25, -0.2) is 9.69 Å². The Labute approximate surface area is 132 Å². The Morgan fingerprint density at radius 2 is 1.91 bits per heavy atom. The number of urea groups is 1. The van der Waals surface area contributed by atoms with Crippen molar-refractivity contribution < 1.29 is 9.59 Å². The Morgan fingerprint density at radius 1 is 1.18 bits per heavy atom. The second kappa shape index (κ2) is 5.84. The average molecular weight is 316 g/mol. The lowest BCUT2D eigenvalue weighted by molar-refractivity contribution is -0.119. The van der Waals surface area contributed by atoms with Crippen LogP contribution in [0.15, 0.2) is 30.3 Å². The molecule has 0 spiro atoms. The molecule has 1 aromatic carbocycles. The standard InChI is InChI=1S/C15H16N4O2S/c1-3-18-12(9-11-7-5-4-6-8-11)13(20)19(15(18)21)14-17-16-10(2)22-14/h4-8,12H,3,9H2,1-2H3. The van der Waals surface area contributed by atoms with Crippen LogP contribution in [0.25, 0.3) is 0 Å². The van der Waals surface area contributed by atoms with Crippen molar-refractivity contribution in [2.24, 2.45) is 0 Å². The Hall–Kier alpha value is -2.28. The van der Waals surface area contributed by atoms with Crippen LogP contribution in [0.5, 0.6) is 0 Å². The molecule has 6 nitrogen and oxygen atoms in total. The van der Waals surface area contributed by atoms with Crippen molar-refractivity contribution >= 4 is 28.4 Å². The second-order valence-corrected chi connectivity index (χ2v) is 6.21. The fourth-order valence-corrected chi connectivity index (χ4v) is 3.27. The van der Waals surface area contributed by atoms with Crippen LogP contribution in [-0.4, -0.2) is 39.6 Å². The number of carbonyl (C=O) groups excluding carboxylic acids is 2. The van der Waals surface area contributed by atoms with Crippen molar-refractivity contribution in [2.45, 2.75) is 26.3 Å². The van der Waals surface area contributed by atoms with E-state index in [1.807, 2.05) is 37.3 Å². The lowest BCUT2D eigenvalue weighted by atomic mass is 10.1. The maximum Gasteiger partial charge on any atom is 0.334 e. The van der Waals surface area contributed by atoms with Gasteiger partial charge in [0.2, 0.25) is 5.13 Å². The van der Waals surface area contributed by atoms with Gasteiger partial charge in [-0.15, -0.1) is 10.2 Å². The summed E-state index contributed by atoms with van der Waals surface area (Å²) in [5, 5.41) is 8.90. The first-order valence-corrected chi connectivity index (χ1v) is 7.92. The Kier molecular flexibility index (Phi) is 3.89. The van der Waals surface area contributed by atoms with Gasteiger partial charge in [-0.3, -0.25) is 4.79 Å². The normalized spacial score (nSPS) is 18.4. The largest absolute Gasteiger partial charge is 0.334 e. The van der Waals surface area contributed by atoms with E-state index in [1.165, 1.54) is 11.3 Å². The first-order chi connectivity index (χ1) is 10.6. The number of amides is 3. The lowest BCUT2D eigenvalue weighted by Crippen LogP contribution is -2.36. The molecule has 3 rings (SSSR count). The summed E-state index contributed by atoms with van der Waals surface area (Å²) in [5.74, 6) is -0.230. The average Bonchev–Trinajstić information content (AvgIpc) is 3.03. The summed E-state index contributed by atoms with van der Waals surface area (Å²) in [4.78, 5) is 28.0. The summed E-state index contributed by atoms with van der Waals surface area (Å²) < 4.78 is 0. The molecule has 1 unspecified atom stereocenters. The fourth-order valence-electron chi connectivity index (χ4n) is 2.58. The predicted molar refractivity (Wildman–Crippen MR) is 83.8 cm³/mol. The number of hydrogen-bond acceptors (Lipinski definition) is 5. The molecule has 0 radical (unpaired) electrons. The van der Waals surface area contributed by atoms with E-state index in [4.69, 9.17) is 0 Å². The summed E-state index contributed by atoms with van der Waals surface area (Å²) in [5.41, 5.74) is 1.03. The number of aryl methyl sites for hydroxylation is 1. The van der Waals surface area contributed by atoms with Gasteiger partial charge in [0.1, 0.15) is 11.0 Å². The van der Waals surface area contributed by atoms with Crippen LogP contribution in [0, 0.1) is 6.92 Å². The lowest BCUT2D eigenvalue weighted by Gasteiger charge is -2.19. The maximum absolute atomic E-state index is 12.7. The number of rotatable bonds is 4. The van der Waals surface area contributed by atoms with Crippen LogP contribution in [0.3, 0.4) is 0 Å². The van der Waals surface area contributed by atoms with E-state index in [1.54, 1.807) is 11.8 Å². The number of likely N-dealkylation sites (N-methyl/N-ethyl adjacent to an activating group) is 1. The highest BCUT2D eigenvalue weighted by Crippen LogP contribution is 2.28. The zero-order valence-electron chi connectivity index (χ0n) is 12.4. The van der Waals surface area contributed by atoms with Crippen LogP contribution < -0.4 is 4.90 Å². The minimum Gasteiger partial charge on any atom is -0.312 e. The molecule has 1 aliphatic rings. The molecule has 2 aromatic rings. The van der Waals surface area contributed by atoms with Crippen LogP contribution in [0.4, 0.5) is 9.93 Å². The second-order valence-electron chi connectivity index (χ2n) is 5.05. The van der Waals surface area contributed by atoms with Gasteiger partial charge in [0.15, 0.2) is 0 Å². The molecule has 1 saturated heterocycles. The van der Waals surface area contributed by atoms with E-state index in [0.29, 0.717) is 18.1 Å². The Balaban J connectivity index is 1.90. The topological polar surface area (TPSA) is 66.4 Å². The van der Waals surface area contributed by atoms with Gasteiger partial charge in [0, 0.05) is 13.0 Å². The van der Waals surface area contributed by atoms with Gasteiger partial charge in [-0.05, 0) is 19.4 Å². The molecule has 0 bridgehead atoms. The van der Waals surface area contributed by atoms with Crippen molar-refractivity contribution in [2.75, 3.05) is 11.4 Å². The molecule has 22 heavy (non-hydrogen) atoms. The van der Waals surface area contributed by atoms with Crippen LogP contribution >= 0.6 is 11.3 Å². The van der Waals surface area contributed by atoms with Crippen LogP contribution in [0.1, 0.15) is 17.5 Å². The molecule has 0 saturated carbocycles. The van der Waals surface area contributed by atoms with E-state index in [0.717, 1.165) is 15.5 Å². The Morgan fingerprint density at radius 3 is 2.50 bits per heavy atom. The van der Waals surface area contributed by atoms with Gasteiger partial charge >= 0.3 is 6.03 Å². The molecule has 1 atom stereocenters. The van der Waals surface area contributed by atoms with Gasteiger partial charge in [-0.2, -0.15) is 0 Å². The third kappa shape index (κ3) is 2.48. The van der Waals surface area contributed by atoms with E-state index in [2.05, 4.69) is 10.2 Å². The van der Waals surface area contributed by atoms with Crippen molar-refractivity contribution in [1.82, 2.24) is 15.1 Å². The van der Waals surface area contributed by atoms with Crippen LogP contribution in [-0.2, 0) is 11.2 Å². The van der Waals surface area contributed by atoms with Gasteiger partial charge < -0.3 is 4.90 Å². The quantitative estimate of drug-likeness (QED) is 0.811. The highest BCUT2D eigenvalue weighted by Gasteiger charge is 2.46. The maximum atomic E-state index is 12.7. The van der Waals surface area contributed by atoms with Gasteiger partial charge in [0.05, 0.1) is 0 Å². The first kappa shape index (κ1) is 14.6. The molecule has 1 aliphatic heterocycles. The molecule has 2 heterocycles. The monoisotopic (exact) mass is 316 g/mol. The number of anilines is 1. The summed E-state index contributed by atoms with van der Waals surface area (Å²) in [6.07, 6.45) is 0.507. The number of nitrogens with zero attached hydrogens (tertiary/aromatic N) is 4. The highest BCUT2D eigenvalue weighted by molar-refractivity contribution is 7.15. The van der Waals surface area contributed by atoms with Gasteiger partial charge in [0.25, 0.3) is 5.91 Å². The zero-order valence-corrected chi connectivity index (χ0v) is 13.2. The predicted octanol–water partition coefficient (Wildman–Crippen LogP) is 2.25. The molecule has 3 amide bonds. The molecule has 114 valence electrons. The summed E-state index contributed by atoms with van der Waals surface area (Å²) in [7, 11) is 0. The van der Waals surface area contributed by atoms with Crippen molar-refractivity contribution in [1.29, 1.82) is 0 Å². The van der Waals surface area contributed by atoms with Crippen LogP contribution in [0.2, 0.25) is 0 Å². The third-order valence-electron chi connectivity index (χ3n) is 3.64. The van der Waals surface area contributed by atoms with E-state index >= 15 is 0 Å². The molecule has 7 heteroatoms. The number of aromatic nitrogens is 2. The third-order valence-corrected chi connectivity index (χ3v) is 4.46. The van der Waals surface area contributed by atoms with E-state index in [9.17, 15) is 9.59 Å². The molecule has 0 aliphatic carbocycles. The minimum absolute atomic E-state index is 0.230. The number of carbonyl (C=O) groups is 2. The summed E-state index contributed by atoms with van der Waals surface area (Å²) in [6.45, 7) is 4.15. The molecular formula is C15H16N4O2S. The number of benzene rings is 1. The highest BCUT2D eigenvalue weighted by atomic mass is 32.1. The van der Waals surface area contributed by atoms with Gasteiger partial charge in [-0.1, -0.05) is 41.7 Å². The fraction of sp³-hybridized carbons (Fsp3) is 0.333. The molecule has 1 aromatic heterocycles. The van der Waals surface area contributed by atoms with Crippen molar-refractivity contribution in [3.8, 4) is 0 Å². The van der Waals surface area contributed by atoms with Crippen molar-refractivity contribution in [3.05, 3.63) is 40.9 Å². The summed E-state index contributed by atoms with van der Waals surface area (Å²) in [6, 6.07) is 8.91. The first-order valence-electron chi connectivity index (χ1n) is 7.10. The molecule has 0 N–H and O–H groups in total. The van der Waals surface area contributed by atoms with E-state index < -0.39 is 6.04 Å². The van der Waals surface area contributed by atoms with Crippen molar-refractivity contribution in [3.63, 3.8) is 0 Å². The molecular weight excluding hydrogens is 300 g/mol. The summed E-state index contributed by atoms with van der Waals surface area (Å²) >= 11 is 1.25. The SMILES string of the molecule is CCN1C(=O)N(c2nnc(C)s2)C(=O)C1Cc1ccccc1. The molecule has 1 fully saturated rings.